The van der Waals surface area contributed by atoms with Gasteiger partial charge in [-0.15, -0.1) is 0 Å². The van der Waals surface area contributed by atoms with Gasteiger partial charge in [0.1, 0.15) is 23.1 Å². The van der Waals surface area contributed by atoms with E-state index in [1.807, 2.05) is 24.0 Å². The van der Waals surface area contributed by atoms with Gasteiger partial charge < -0.3 is 9.47 Å². The van der Waals surface area contributed by atoms with Gasteiger partial charge in [-0.05, 0) is 75.7 Å². The summed E-state index contributed by atoms with van der Waals surface area (Å²) in [6.45, 7) is 7.70. The summed E-state index contributed by atoms with van der Waals surface area (Å²) in [6.07, 6.45) is 7.31. The molecule has 224 valence electrons. The number of carbonyl (C=O) groups excluding carboxylic acids is 1. The zero-order valence-electron chi connectivity index (χ0n) is 24.9. The smallest absolute Gasteiger partial charge is 0.305 e. The highest BCUT2D eigenvalue weighted by Gasteiger charge is 2.42. The van der Waals surface area contributed by atoms with Crippen LogP contribution in [0.15, 0.2) is 42.0 Å². The summed E-state index contributed by atoms with van der Waals surface area (Å²) in [4.78, 5) is 13.3. The van der Waals surface area contributed by atoms with E-state index < -0.39 is 23.3 Å². The van der Waals surface area contributed by atoms with Gasteiger partial charge in [-0.3, -0.25) is 9.69 Å². The molecule has 0 spiro atoms. The molecule has 41 heavy (non-hydrogen) atoms. The van der Waals surface area contributed by atoms with Crippen molar-refractivity contribution < 1.29 is 27.4 Å². The van der Waals surface area contributed by atoms with Crippen LogP contribution in [0.3, 0.4) is 0 Å². The Labute approximate surface area is 242 Å². The molecule has 2 aromatic rings. The number of benzene rings is 2. The van der Waals surface area contributed by atoms with Gasteiger partial charge >= 0.3 is 5.97 Å². The average Bonchev–Trinajstić information content (AvgIpc) is 3.26. The second-order valence-electron chi connectivity index (χ2n) is 12.0. The third kappa shape index (κ3) is 7.94. The summed E-state index contributed by atoms with van der Waals surface area (Å²) in [5, 5.41) is 0. The van der Waals surface area contributed by atoms with E-state index in [0.717, 1.165) is 67.2 Å². The molecule has 0 amide bonds. The van der Waals surface area contributed by atoms with Gasteiger partial charge in [-0.2, -0.15) is 0 Å². The molecule has 1 aliphatic heterocycles. The molecule has 1 heterocycles. The second kappa shape index (κ2) is 13.9. The lowest BCUT2D eigenvalue weighted by molar-refractivity contribution is -0.143. The second-order valence-corrected chi connectivity index (χ2v) is 12.0. The highest BCUT2D eigenvalue weighted by molar-refractivity contribution is 5.79. The minimum absolute atomic E-state index is 0.0312. The van der Waals surface area contributed by atoms with E-state index in [0.29, 0.717) is 26.1 Å². The van der Waals surface area contributed by atoms with Gasteiger partial charge in [0.15, 0.2) is 0 Å². The summed E-state index contributed by atoms with van der Waals surface area (Å²) >= 11 is 0. The molecule has 0 aromatic heterocycles. The van der Waals surface area contributed by atoms with Gasteiger partial charge in [0.25, 0.3) is 0 Å². The largest absolute Gasteiger partial charge is 0.493 e. The molecule has 0 radical (unpaired) electrons. The standard InChI is InChI=1S/C34H44F3NO3/c1-5-40-31(39)16-10-8-6-7-9-13-17-41-25-20-29(35)32(30(36)21-25)33-28-19-24-14-11-12-15-26(24)27(28)18-23(2)38(33)22-34(3,4)37/h11-12,14-15,20-21,23,33H,5-10,13,16-19,22H2,1-4H3/t23-,33+/m1/s1. The number of fused-ring (bicyclic) bond motifs is 2. The number of rotatable bonds is 14. The number of unbranched alkanes of at least 4 members (excludes halogenated alkanes) is 5. The van der Waals surface area contributed by atoms with Crippen molar-refractivity contribution in [2.24, 2.45) is 0 Å². The molecular formula is C34H44F3NO3. The Kier molecular flexibility index (Phi) is 10.6. The maximum atomic E-state index is 15.8. The Balaban J connectivity index is 1.41. The molecular weight excluding hydrogens is 527 g/mol. The van der Waals surface area contributed by atoms with E-state index in [2.05, 4.69) is 12.1 Å². The molecule has 4 nitrogen and oxygen atoms in total. The van der Waals surface area contributed by atoms with Crippen LogP contribution in [-0.4, -0.2) is 42.3 Å². The summed E-state index contributed by atoms with van der Waals surface area (Å²) in [5.41, 5.74) is 2.83. The molecule has 2 atom stereocenters. The SMILES string of the molecule is CCOC(=O)CCCCCCCCOc1cc(F)c([C@@H]2C3=C(C[C@@H](C)N2CC(C)(C)F)c2ccccc2C3)c(F)c1. The number of ether oxygens (including phenoxy) is 2. The van der Waals surface area contributed by atoms with Crippen molar-refractivity contribution in [2.75, 3.05) is 19.8 Å². The molecule has 0 saturated carbocycles. The van der Waals surface area contributed by atoms with Crippen LogP contribution >= 0.6 is 0 Å². The van der Waals surface area contributed by atoms with Crippen molar-refractivity contribution >= 4 is 11.5 Å². The monoisotopic (exact) mass is 571 g/mol. The number of nitrogens with zero attached hydrogens (tertiary/aromatic N) is 1. The molecule has 2 aromatic carbocycles. The molecule has 0 fully saturated rings. The molecule has 7 heteroatoms. The van der Waals surface area contributed by atoms with Crippen LogP contribution in [0.4, 0.5) is 13.2 Å². The first-order chi connectivity index (χ1) is 19.6. The quantitative estimate of drug-likeness (QED) is 0.168. The van der Waals surface area contributed by atoms with E-state index in [-0.39, 0.29) is 29.9 Å². The minimum Gasteiger partial charge on any atom is -0.493 e. The van der Waals surface area contributed by atoms with E-state index in [4.69, 9.17) is 9.47 Å². The van der Waals surface area contributed by atoms with Crippen molar-refractivity contribution in [2.45, 2.75) is 103 Å². The number of alkyl halides is 1. The van der Waals surface area contributed by atoms with E-state index in [1.165, 1.54) is 26.0 Å². The van der Waals surface area contributed by atoms with Crippen molar-refractivity contribution in [1.29, 1.82) is 0 Å². The summed E-state index contributed by atoms with van der Waals surface area (Å²) in [6, 6.07) is 9.88. The molecule has 0 unspecified atom stereocenters. The van der Waals surface area contributed by atoms with Crippen LogP contribution in [0.1, 0.15) is 102 Å². The van der Waals surface area contributed by atoms with Crippen LogP contribution in [0, 0.1) is 11.6 Å². The Morgan fingerprint density at radius 2 is 1.68 bits per heavy atom. The van der Waals surface area contributed by atoms with Crippen LogP contribution in [0.5, 0.6) is 5.75 Å². The first-order valence-electron chi connectivity index (χ1n) is 15.1. The topological polar surface area (TPSA) is 38.8 Å². The maximum absolute atomic E-state index is 15.8. The fourth-order valence-electron chi connectivity index (χ4n) is 6.25. The van der Waals surface area contributed by atoms with E-state index in [1.54, 1.807) is 6.92 Å². The predicted molar refractivity (Wildman–Crippen MR) is 157 cm³/mol. The Bertz CT molecular complexity index is 1210. The Morgan fingerprint density at radius 3 is 2.37 bits per heavy atom. The number of hydrogen-bond acceptors (Lipinski definition) is 4. The van der Waals surface area contributed by atoms with E-state index >= 15 is 8.78 Å². The van der Waals surface area contributed by atoms with Crippen LogP contribution < -0.4 is 4.74 Å². The molecule has 4 rings (SSSR count). The molecule has 0 N–H and O–H groups in total. The highest BCUT2D eigenvalue weighted by atomic mass is 19.1. The molecule has 2 aliphatic rings. The lowest BCUT2D eigenvalue weighted by atomic mass is 9.84. The lowest BCUT2D eigenvalue weighted by Crippen LogP contribution is -2.47. The zero-order chi connectivity index (χ0) is 29.6. The molecule has 1 aliphatic carbocycles. The fraction of sp³-hybridized carbons (Fsp3) is 0.559. The van der Waals surface area contributed by atoms with Crippen LogP contribution in [0.2, 0.25) is 0 Å². The van der Waals surface area contributed by atoms with Gasteiger partial charge in [0.05, 0.1) is 19.3 Å². The maximum Gasteiger partial charge on any atom is 0.305 e. The average molecular weight is 572 g/mol. The summed E-state index contributed by atoms with van der Waals surface area (Å²) in [7, 11) is 0. The summed E-state index contributed by atoms with van der Waals surface area (Å²) in [5.74, 6) is -1.30. The first-order valence-corrected chi connectivity index (χ1v) is 15.1. The van der Waals surface area contributed by atoms with Crippen LogP contribution in [-0.2, 0) is 16.0 Å². The van der Waals surface area contributed by atoms with Crippen molar-refractivity contribution in [3.05, 3.63) is 70.3 Å². The van der Waals surface area contributed by atoms with Crippen molar-refractivity contribution in [1.82, 2.24) is 4.90 Å². The van der Waals surface area contributed by atoms with Gasteiger partial charge in [0, 0.05) is 36.7 Å². The van der Waals surface area contributed by atoms with Gasteiger partial charge in [-0.25, -0.2) is 13.2 Å². The Morgan fingerprint density at radius 1 is 1.02 bits per heavy atom. The number of esters is 1. The third-order valence-electron chi connectivity index (χ3n) is 8.07. The highest BCUT2D eigenvalue weighted by Crippen LogP contribution is 2.50. The minimum atomic E-state index is -1.52. The number of carbonyl (C=O) groups is 1. The van der Waals surface area contributed by atoms with E-state index in [9.17, 15) is 9.18 Å². The fourth-order valence-corrected chi connectivity index (χ4v) is 6.25. The molecule has 0 saturated heterocycles. The van der Waals surface area contributed by atoms with Gasteiger partial charge in [0.2, 0.25) is 0 Å². The Hall–Kier alpha value is -2.80. The van der Waals surface area contributed by atoms with Crippen molar-refractivity contribution in [3.63, 3.8) is 0 Å². The lowest BCUT2D eigenvalue weighted by Gasteiger charge is -2.44. The normalized spacial score (nSPS) is 18.8. The number of halogens is 3. The summed E-state index contributed by atoms with van der Waals surface area (Å²) < 4.78 is 57.2. The first kappa shape index (κ1) is 31.1. The third-order valence-corrected chi connectivity index (χ3v) is 8.07. The number of hydrogen-bond donors (Lipinski definition) is 0. The van der Waals surface area contributed by atoms with Gasteiger partial charge in [-0.1, -0.05) is 49.9 Å². The predicted octanol–water partition coefficient (Wildman–Crippen LogP) is 8.53. The van der Waals surface area contributed by atoms with Crippen LogP contribution in [0.25, 0.3) is 5.57 Å². The molecule has 0 bridgehead atoms. The van der Waals surface area contributed by atoms with Crippen molar-refractivity contribution in [3.8, 4) is 5.75 Å². The zero-order valence-corrected chi connectivity index (χ0v) is 24.9.